The van der Waals surface area contributed by atoms with Crippen LogP contribution >= 0.6 is 0 Å². The highest BCUT2D eigenvalue weighted by atomic mass is 16.6. The Labute approximate surface area is 212 Å². The standard InChI is InChI=1S/C29H33NO6/c1-19(31)36-28-15-21(14-27(29(28)34-5)35-18-20-9-7-6-8-10-20)13-24-23-17-26(33-4)25(32-3)16-22(23)11-12-30(24)2/h6-10,14-17,24H,11-13,18H2,1-5H3/t24-/m1/s1. The monoisotopic (exact) mass is 491 g/mol. The molecule has 1 atom stereocenters. The van der Waals surface area contributed by atoms with Gasteiger partial charge in [-0.15, -0.1) is 0 Å². The maximum absolute atomic E-state index is 11.9. The predicted octanol–water partition coefficient (Wildman–Crippen LogP) is 4.99. The Kier molecular flexibility index (Phi) is 8.00. The molecular weight excluding hydrogens is 458 g/mol. The molecule has 4 rings (SSSR count). The van der Waals surface area contributed by atoms with Crippen LogP contribution < -0.4 is 23.7 Å². The van der Waals surface area contributed by atoms with E-state index in [9.17, 15) is 4.79 Å². The van der Waals surface area contributed by atoms with Gasteiger partial charge in [0.1, 0.15) is 6.61 Å². The second-order valence-corrected chi connectivity index (χ2v) is 8.85. The average Bonchev–Trinajstić information content (AvgIpc) is 2.88. The first kappa shape index (κ1) is 25.4. The topological polar surface area (TPSA) is 66.5 Å². The number of esters is 1. The van der Waals surface area contributed by atoms with Crippen molar-refractivity contribution in [1.82, 2.24) is 4.90 Å². The van der Waals surface area contributed by atoms with Gasteiger partial charge >= 0.3 is 5.97 Å². The Morgan fingerprint density at radius 2 is 1.58 bits per heavy atom. The van der Waals surface area contributed by atoms with Gasteiger partial charge in [-0.3, -0.25) is 9.69 Å². The molecule has 0 aromatic heterocycles. The molecule has 7 nitrogen and oxygen atoms in total. The zero-order chi connectivity index (χ0) is 25.7. The first-order valence-electron chi connectivity index (χ1n) is 11.9. The number of benzene rings is 3. The Balaban J connectivity index is 1.71. The molecule has 0 spiro atoms. The van der Waals surface area contributed by atoms with Gasteiger partial charge in [0.05, 0.1) is 21.3 Å². The highest BCUT2D eigenvalue weighted by molar-refractivity contribution is 5.71. The van der Waals surface area contributed by atoms with Crippen LogP contribution in [0, 0.1) is 0 Å². The summed E-state index contributed by atoms with van der Waals surface area (Å²) in [5.74, 6) is 2.29. The van der Waals surface area contributed by atoms with E-state index in [1.165, 1.54) is 18.1 Å². The van der Waals surface area contributed by atoms with Crippen molar-refractivity contribution in [3.05, 3.63) is 76.9 Å². The minimum Gasteiger partial charge on any atom is -0.493 e. The van der Waals surface area contributed by atoms with Crippen LogP contribution in [0.25, 0.3) is 0 Å². The maximum Gasteiger partial charge on any atom is 0.308 e. The van der Waals surface area contributed by atoms with Crippen LogP contribution in [0.2, 0.25) is 0 Å². The zero-order valence-electron chi connectivity index (χ0n) is 21.5. The fourth-order valence-corrected chi connectivity index (χ4v) is 4.67. The highest BCUT2D eigenvalue weighted by Crippen LogP contribution is 2.43. The van der Waals surface area contributed by atoms with Gasteiger partial charge in [-0.1, -0.05) is 30.3 Å². The van der Waals surface area contributed by atoms with E-state index in [1.807, 2.05) is 42.5 Å². The summed E-state index contributed by atoms with van der Waals surface area (Å²) in [6.45, 7) is 2.65. The number of methoxy groups -OCH3 is 3. The summed E-state index contributed by atoms with van der Waals surface area (Å²) in [6.07, 6.45) is 1.61. The van der Waals surface area contributed by atoms with Crippen molar-refractivity contribution in [1.29, 1.82) is 0 Å². The second kappa shape index (κ2) is 11.4. The van der Waals surface area contributed by atoms with E-state index in [0.717, 1.165) is 29.8 Å². The molecule has 0 unspecified atom stereocenters. The second-order valence-electron chi connectivity index (χ2n) is 8.85. The summed E-state index contributed by atoms with van der Waals surface area (Å²) in [4.78, 5) is 14.2. The number of likely N-dealkylation sites (N-methyl/N-ethyl adjacent to an activating group) is 1. The minimum atomic E-state index is -0.420. The molecule has 3 aromatic rings. The van der Waals surface area contributed by atoms with Gasteiger partial charge in [0.15, 0.2) is 23.0 Å². The van der Waals surface area contributed by atoms with Crippen LogP contribution in [0.4, 0.5) is 0 Å². The molecule has 0 aliphatic carbocycles. The molecule has 1 aliphatic heterocycles. The van der Waals surface area contributed by atoms with Crippen LogP contribution in [0.3, 0.4) is 0 Å². The van der Waals surface area contributed by atoms with Crippen LogP contribution in [0.5, 0.6) is 28.7 Å². The van der Waals surface area contributed by atoms with Crippen LogP contribution in [-0.2, 0) is 24.2 Å². The van der Waals surface area contributed by atoms with Crippen molar-refractivity contribution in [2.45, 2.75) is 32.4 Å². The fraction of sp³-hybridized carbons (Fsp3) is 0.345. The highest BCUT2D eigenvalue weighted by Gasteiger charge is 2.28. The normalized spacial score (nSPS) is 15.1. The third-order valence-corrected chi connectivity index (χ3v) is 6.47. The molecule has 7 heteroatoms. The zero-order valence-corrected chi connectivity index (χ0v) is 21.5. The number of ether oxygens (including phenoxy) is 5. The lowest BCUT2D eigenvalue weighted by molar-refractivity contribution is -0.132. The Morgan fingerprint density at radius 1 is 0.889 bits per heavy atom. The SMILES string of the molecule is COc1cc2c(cc1OC)[C@@H](Cc1cc(OCc3ccccc3)c(OC)c(OC(C)=O)c1)N(C)CC2. The summed E-state index contributed by atoms with van der Waals surface area (Å²) in [5.41, 5.74) is 4.43. The van der Waals surface area contributed by atoms with Gasteiger partial charge < -0.3 is 23.7 Å². The van der Waals surface area contributed by atoms with Crippen molar-refractivity contribution >= 4 is 5.97 Å². The minimum absolute atomic E-state index is 0.0918. The number of fused-ring (bicyclic) bond motifs is 1. The van der Waals surface area contributed by atoms with Crippen molar-refractivity contribution in [3.8, 4) is 28.7 Å². The van der Waals surface area contributed by atoms with E-state index >= 15 is 0 Å². The number of carbonyl (C=O) groups excluding carboxylic acids is 1. The van der Waals surface area contributed by atoms with Crippen molar-refractivity contribution in [2.75, 3.05) is 34.9 Å². The summed E-state index contributed by atoms with van der Waals surface area (Å²) in [6, 6.07) is 18.0. The lowest BCUT2D eigenvalue weighted by Gasteiger charge is -2.35. The van der Waals surface area contributed by atoms with Crippen LogP contribution in [0.1, 0.15) is 35.2 Å². The summed E-state index contributed by atoms with van der Waals surface area (Å²) >= 11 is 0. The molecule has 0 amide bonds. The average molecular weight is 492 g/mol. The predicted molar refractivity (Wildman–Crippen MR) is 137 cm³/mol. The van der Waals surface area contributed by atoms with Gasteiger partial charge in [0, 0.05) is 19.5 Å². The van der Waals surface area contributed by atoms with Crippen molar-refractivity contribution in [3.63, 3.8) is 0 Å². The Hall–Kier alpha value is -3.71. The largest absolute Gasteiger partial charge is 0.493 e. The van der Waals surface area contributed by atoms with E-state index in [2.05, 4.69) is 24.1 Å². The molecular formula is C29H33NO6. The quantitative estimate of drug-likeness (QED) is 0.309. The van der Waals surface area contributed by atoms with E-state index < -0.39 is 5.97 Å². The molecule has 190 valence electrons. The number of hydrogen-bond acceptors (Lipinski definition) is 7. The molecule has 0 saturated heterocycles. The fourth-order valence-electron chi connectivity index (χ4n) is 4.67. The summed E-state index contributed by atoms with van der Waals surface area (Å²) < 4.78 is 28.4. The van der Waals surface area contributed by atoms with Crippen molar-refractivity contribution in [2.24, 2.45) is 0 Å². The number of carbonyl (C=O) groups is 1. The van der Waals surface area contributed by atoms with Gasteiger partial charge in [-0.25, -0.2) is 0 Å². The smallest absolute Gasteiger partial charge is 0.308 e. The molecule has 3 aromatic carbocycles. The molecule has 0 saturated carbocycles. The Bertz CT molecular complexity index is 1210. The third kappa shape index (κ3) is 5.57. The molecule has 1 heterocycles. The van der Waals surface area contributed by atoms with Gasteiger partial charge in [0.2, 0.25) is 5.75 Å². The molecule has 0 N–H and O–H groups in total. The van der Waals surface area contributed by atoms with E-state index in [-0.39, 0.29) is 6.04 Å². The molecule has 0 bridgehead atoms. The molecule has 1 aliphatic rings. The molecule has 0 fully saturated rings. The molecule has 36 heavy (non-hydrogen) atoms. The van der Waals surface area contributed by atoms with Crippen molar-refractivity contribution < 1.29 is 28.5 Å². The van der Waals surface area contributed by atoms with Gasteiger partial charge in [-0.2, -0.15) is 0 Å². The lowest BCUT2D eigenvalue weighted by atomic mass is 9.88. The summed E-state index contributed by atoms with van der Waals surface area (Å²) in [5, 5.41) is 0. The van der Waals surface area contributed by atoms with Gasteiger partial charge in [-0.05, 0) is 66.4 Å². The van der Waals surface area contributed by atoms with E-state index in [1.54, 1.807) is 21.3 Å². The first-order valence-corrected chi connectivity index (χ1v) is 11.9. The van der Waals surface area contributed by atoms with Crippen LogP contribution in [-0.4, -0.2) is 45.8 Å². The summed E-state index contributed by atoms with van der Waals surface area (Å²) in [7, 11) is 6.97. The van der Waals surface area contributed by atoms with E-state index in [0.29, 0.717) is 36.0 Å². The number of hydrogen-bond donors (Lipinski definition) is 0. The number of rotatable bonds is 9. The maximum atomic E-state index is 11.9. The third-order valence-electron chi connectivity index (χ3n) is 6.47. The first-order chi connectivity index (χ1) is 17.4. The number of nitrogens with zero attached hydrogens (tertiary/aromatic N) is 1. The van der Waals surface area contributed by atoms with Crippen LogP contribution in [0.15, 0.2) is 54.6 Å². The molecule has 0 radical (unpaired) electrons. The Morgan fingerprint density at radius 3 is 2.25 bits per heavy atom. The lowest BCUT2D eigenvalue weighted by Crippen LogP contribution is -2.33. The van der Waals surface area contributed by atoms with Gasteiger partial charge in [0.25, 0.3) is 0 Å². The van der Waals surface area contributed by atoms with E-state index in [4.69, 9.17) is 23.7 Å².